The van der Waals surface area contributed by atoms with Crippen molar-refractivity contribution in [3.05, 3.63) is 54.4 Å². The molecule has 28 heavy (non-hydrogen) atoms. The second-order valence-corrected chi connectivity index (χ2v) is 6.45. The fourth-order valence-corrected chi connectivity index (χ4v) is 3.19. The summed E-state index contributed by atoms with van der Waals surface area (Å²) < 4.78 is 40.4. The Hall–Kier alpha value is -3.17. The first kappa shape index (κ1) is 18.2. The van der Waals surface area contributed by atoms with Gasteiger partial charge in [-0.05, 0) is 25.1 Å². The van der Waals surface area contributed by atoms with Gasteiger partial charge < -0.3 is 9.80 Å². The third kappa shape index (κ3) is 3.75. The molecule has 1 aliphatic heterocycles. The molecule has 3 aromatic heterocycles. The molecule has 4 heterocycles. The van der Waals surface area contributed by atoms with Gasteiger partial charge in [0.1, 0.15) is 17.3 Å². The van der Waals surface area contributed by atoms with Crippen LogP contribution < -0.4 is 9.80 Å². The number of aryl methyl sites for hydroxylation is 1. The summed E-state index contributed by atoms with van der Waals surface area (Å²) in [5.41, 5.74) is -0.346. The van der Waals surface area contributed by atoms with Crippen molar-refractivity contribution in [2.75, 3.05) is 36.0 Å². The largest absolute Gasteiger partial charge is 0.433 e. The van der Waals surface area contributed by atoms with E-state index in [4.69, 9.17) is 0 Å². The fourth-order valence-electron chi connectivity index (χ4n) is 3.19. The number of rotatable bonds is 3. The van der Waals surface area contributed by atoms with E-state index in [0.717, 1.165) is 11.9 Å². The lowest BCUT2D eigenvalue weighted by molar-refractivity contribution is -0.141. The first-order chi connectivity index (χ1) is 13.4. The number of halogens is 3. The molecule has 10 heteroatoms. The van der Waals surface area contributed by atoms with Gasteiger partial charge in [-0.25, -0.2) is 14.6 Å². The lowest BCUT2D eigenvalue weighted by Gasteiger charge is -2.37. The van der Waals surface area contributed by atoms with Crippen molar-refractivity contribution < 1.29 is 13.2 Å². The molecule has 3 aromatic rings. The van der Waals surface area contributed by atoms with Gasteiger partial charge in [0.05, 0.1) is 0 Å². The number of aromatic nitrogens is 5. The van der Waals surface area contributed by atoms with Crippen LogP contribution in [0.15, 0.2) is 42.9 Å². The fraction of sp³-hybridized carbons (Fsp3) is 0.333. The van der Waals surface area contributed by atoms with Gasteiger partial charge in [0.15, 0.2) is 5.82 Å². The first-order valence-corrected chi connectivity index (χ1v) is 8.79. The van der Waals surface area contributed by atoms with Crippen LogP contribution in [0.4, 0.5) is 24.7 Å². The Bertz CT molecular complexity index is 948. The first-order valence-electron chi connectivity index (χ1n) is 8.79. The van der Waals surface area contributed by atoms with Gasteiger partial charge in [0.25, 0.3) is 0 Å². The van der Waals surface area contributed by atoms with Gasteiger partial charge in [0.2, 0.25) is 0 Å². The number of alkyl halides is 3. The number of anilines is 2. The summed E-state index contributed by atoms with van der Waals surface area (Å²) in [6, 6.07) is 6.39. The van der Waals surface area contributed by atoms with Gasteiger partial charge in [-0.3, -0.25) is 4.98 Å². The molecule has 4 rings (SSSR count). The van der Waals surface area contributed by atoms with Gasteiger partial charge in [-0.15, -0.1) is 0 Å². The number of pyridine rings is 1. The smallest absolute Gasteiger partial charge is 0.368 e. The van der Waals surface area contributed by atoms with Crippen LogP contribution in [0.25, 0.3) is 5.82 Å². The summed E-state index contributed by atoms with van der Waals surface area (Å²) in [6.45, 7) is 4.27. The topological polar surface area (TPSA) is 63.0 Å². The SMILES string of the molecule is Cc1nc(N2CCN(c3ccnc(C(F)(F)F)c3)CC2)cc(-n2cccn2)n1. The monoisotopic (exact) mass is 389 g/mol. The molecule has 0 unspecified atom stereocenters. The van der Waals surface area contributed by atoms with E-state index in [-0.39, 0.29) is 0 Å². The number of nitrogens with zero attached hydrogens (tertiary/aromatic N) is 7. The highest BCUT2D eigenvalue weighted by Crippen LogP contribution is 2.30. The van der Waals surface area contributed by atoms with Gasteiger partial charge in [-0.2, -0.15) is 18.3 Å². The molecule has 0 bridgehead atoms. The highest BCUT2D eigenvalue weighted by atomic mass is 19.4. The Morgan fingerprint density at radius 1 is 0.929 bits per heavy atom. The average Bonchev–Trinajstić information content (AvgIpc) is 3.22. The number of hydrogen-bond donors (Lipinski definition) is 0. The molecule has 1 saturated heterocycles. The van der Waals surface area contributed by atoms with Gasteiger partial charge in [0, 0.05) is 56.5 Å². The van der Waals surface area contributed by atoms with Crippen LogP contribution >= 0.6 is 0 Å². The third-order valence-corrected chi connectivity index (χ3v) is 4.55. The summed E-state index contributed by atoms with van der Waals surface area (Å²) in [5, 5.41) is 4.20. The molecule has 0 N–H and O–H groups in total. The average molecular weight is 389 g/mol. The second-order valence-electron chi connectivity index (χ2n) is 6.45. The van der Waals surface area contributed by atoms with E-state index in [2.05, 4.69) is 25.0 Å². The Morgan fingerprint density at radius 2 is 1.64 bits per heavy atom. The Labute approximate surface area is 159 Å². The Kier molecular flexibility index (Phi) is 4.62. The summed E-state index contributed by atoms with van der Waals surface area (Å²) in [6.07, 6.45) is 0.249. The maximum Gasteiger partial charge on any atom is 0.433 e. The van der Waals surface area contributed by atoms with Crippen molar-refractivity contribution in [1.82, 2.24) is 24.7 Å². The second kappa shape index (κ2) is 7.10. The summed E-state index contributed by atoms with van der Waals surface area (Å²) in [5.74, 6) is 2.09. The standard InChI is InChI=1S/C18H18F3N7/c1-13-24-16(12-17(25-13)28-6-2-4-23-28)27-9-7-26(8-10-27)14-3-5-22-15(11-14)18(19,20)21/h2-6,11-12H,7-10H2,1H3. The number of hydrogen-bond acceptors (Lipinski definition) is 6. The van der Waals surface area contributed by atoms with Crippen LogP contribution in [0.1, 0.15) is 11.5 Å². The van der Waals surface area contributed by atoms with E-state index in [1.54, 1.807) is 16.9 Å². The van der Waals surface area contributed by atoms with Crippen LogP contribution in [0.3, 0.4) is 0 Å². The maximum absolute atomic E-state index is 12.9. The molecular formula is C18H18F3N7. The van der Waals surface area contributed by atoms with E-state index < -0.39 is 11.9 Å². The molecule has 0 aromatic carbocycles. The van der Waals surface area contributed by atoms with Crippen molar-refractivity contribution in [2.24, 2.45) is 0 Å². The van der Waals surface area contributed by atoms with Crippen molar-refractivity contribution in [3.8, 4) is 5.82 Å². The van der Waals surface area contributed by atoms with Crippen molar-refractivity contribution in [2.45, 2.75) is 13.1 Å². The Morgan fingerprint density at radius 3 is 2.32 bits per heavy atom. The minimum absolute atomic E-state index is 0.526. The minimum Gasteiger partial charge on any atom is -0.368 e. The summed E-state index contributed by atoms with van der Waals surface area (Å²) in [4.78, 5) is 16.4. The van der Waals surface area contributed by atoms with Gasteiger partial charge in [-0.1, -0.05) is 0 Å². The molecule has 0 aliphatic carbocycles. The predicted octanol–water partition coefficient (Wildman–Crippen LogP) is 2.71. The molecule has 0 spiro atoms. The van der Waals surface area contributed by atoms with Crippen LogP contribution in [0.5, 0.6) is 0 Å². The lowest BCUT2D eigenvalue weighted by Crippen LogP contribution is -2.47. The van der Waals surface area contributed by atoms with E-state index >= 15 is 0 Å². The zero-order chi connectivity index (χ0) is 19.7. The molecule has 0 atom stereocenters. The molecule has 0 radical (unpaired) electrons. The van der Waals surface area contributed by atoms with E-state index in [0.29, 0.717) is 43.5 Å². The molecule has 0 amide bonds. The summed E-state index contributed by atoms with van der Waals surface area (Å²) in [7, 11) is 0. The van der Waals surface area contributed by atoms with E-state index in [1.807, 2.05) is 30.2 Å². The third-order valence-electron chi connectivity index (χ3n) is 4.55. The van der Waals surface area contributed by atoms with Crippen LogP contribution in [-0.2, 0) is 6.18 Å². The van der Waals surface area contributed by atoms with Crippen LogP contribution in [0, 0.1) is 6.92 Å². The molecule has 0 saturated carbocycles. The predicted molar refractivity (Wildman–Crippen MR) is 97.6 cm³/mol. The maximum atomic E-state index is 12.9. The molecule has 1 aliphatic rings. The minimum atomic E-state index is -4.45. The molecule has 7 nitrogen and oxygen atoms in total. The summed E-state index contributed by atoms with van der Waals surface area (Å²) >= 11 is 0. The van der Waals surface area contributed by atoms with Crippen molar-refractivity contribution in [1.29, 1.82) is 0 Å². The van der Waals surface area contributed by atoms with Crippen LogP contribution in [-0.4, -0.2) is 50.9 Å². The molecular weight excluding hydrogens is 371 g/mol. The quantitative estimate of drug-likeness (QED) is 0.687. The van der Waals surface area contributed by atoms with Gasteiger partial charge >= 0.3 is 6.18 Å². The Balaban J connectivity index is 1.49. The zero-order valence-electron chi connectivity index (χ0n) is 15.1. The van der Waals surface area contributed by atoms with E-state index in [9.17, 15) is 13.2 Å². The van der Waals surface area contributed by atoms with Crippen LogP contribution in [0.2, 0.25) is 0 Å². The van der Waals surface area contributed by atoms with Crippen molar-refractivity contribution >= 4 is 11.5 Å². The van der Waals surface area contributed by atoms with E-state index in [1.165, 1.54) is 6.20 Å². The molecule has 146 valence electrons. The zero-order valence-corrected chi connectivity index (χ0v) is 15.1. The number of piperazine rings is 1. The molecule has 1 fully saturated rings. The highest BCUT2D eigenvalue weighted by molar-refractivity contribution is 5.51. The lowest BCUT2D eigenvalue weighted by atomic mass is 10.2. The van der Waals surface area contributed by atoms with Crippen molar-refractivity contribution in [3.63, 3.8) is 0 Å². The normalized spacial score (nSPS) is 15.1. The highest BCUT2D eigenvalue weighted by Gasteiger charge is 2.33.